The first kappa shape index (κ1) is 11.9. The molecule has 0 radical (unpaired) electrons. The number of hydrogen-bond donors (Lipinski definition) is 0. The highest BCUT2D eigenvalue weighted by molar-refractivity contribution is 8.01. The smallest absolute Gasteiger partial charge is 0.318 e. The van der Waals surface area contributed by atoms with Gasteiger partial charge in [0.15, 0.2) is 0 Å². The van der Waals surface area contributed by atoms with Crippen LogP contribution < -0.4 is 0 Å². The van der Waals surface area contributed by atoms with Crippen LogP contribution in [0.25, 0.3) is 0 Å². The van der Waals surface area contributed by atoms with Crippen LogP contribution >= 0.6 is 11.8 Å². The van der Waals surface area contributed by atoms with Crippen LogP contribution in [0.2, 0.25) is 0 Å². The van der Waals surface area contributed by atoms with Crippen LogP contribution in [0.15, 0.2) is 0 Å². The number of esters is 1. The van der Waals surface area contributed by atoms with Crippen molar-refractivity contribution in [3.8, 4) is 0 Å². The quantitative estimate of drug-likeness (QED) is 0.679. The summed E-state index contributed by atoms with van der Waals surface area (Å²) < 4.78 is 4.72. The van der Waals surface area contributed by atoms with E-state index in [1.54, 1.807) is 11.8 Å². The zero-order chi connectivity index (χ0) is 10.6. The molecule has 0 saturated heterocycles. The zero-order valence-electron chi connectivity index (χ0n) is 9.29. The molecule has 2 nitrogen and oxygen atoms in total. The van der Waals surface area contributed by atoms with Gasteiger partial charge in [-0.05, 0) is 25.7 Å². The van der Waals surface area contributed by atoms with Crippen molar-refractivity contribution in [2.75, 3.05) is 7.11 Å². The molecule has 0 aromatic rings. The molecular weight excluding hydrogens is 196 g/mol. The summed E-state index contributed by atoms with van der Waals surface area (Å²) in [6.45, 7) is 4.24. The largest absolute Gasteiger partial charge is 0.468 e. The number of carbonyl (C=O) groups is 1. The molecule has 3 unspecified atom stereocenters. The molecule has 0 bridgehead atoms. The second kappa shape index (κ2) is 5.64. The lowest BCUT2D eigenvalue weighted by Gasteiger charge is -2.27. The van der Waals surface area contributed by atoms with E-state index in [-0.39, 0.29) is 11.2 Å². The molecule has 3 heteroatoms. The number of thioether (sulfide) groups is 1. The maximum Gasteiger partial charge on any atom is 0.318 e. The van der Waals surface area contributed by atoms with E-state index in [2.05, 4.69) is 6.92 Å². The van der Waals surface area contributed by atoms with Gasteiger partial charge in [0.2, 0.25) is 0 Å². The van der Waals surface area contributed by atoms with Crippen molar-refractivity contribution in [3.05, 3.63) is 0 Å². The fraction of sp³-hybridized carbons (Fsp3) is 0.909. The number of methoxy groups -OCH3 is 1. The third kappa shape index (κ3) is 3.52. The fourth-order valence-corrected chi connectivity index (χ4v) is 3.54. The lowest BCUT2D eigenvalue weighted by Crippen LogP contribution is -2.22. The summed E-state index contributed by atoms with van der Waals surface area (Å²) in [6.07, 6.45) is 5.18. The molecule has 0 N–H and O–H groups in total. The molecular formula is C11H20O2S. The maximum absolute atomic E-state index is 11.2. The number of hydrogen-bond acceptors (Lipinski definition) is 3. The normalized spacial score (nSPS) is 29.6. The van der Waals surface area contributed by atoms with Gasteiger partial charge in [0.05, 0.1) is 12.4 Å². The number of rotatable bonds is 3. The minimum atomic E-state index is -0.0896. The lowest BCUT2D eigenvalue weighted by atomic mass is 9.91. The summed E-state index contributed by atoms with van der Waals surface area (Å²) in [5.74, 6) is 0.735. The molecule has 82 valence electrons. The fourth-order valence-electron chi connectivity index (χ4n) is 2.01. The van der Waals surface area contributed by atoms with Gasteiger partial charge in [-0.1, -0.05) is 19.8 Å². The van der Waals surface area contributed by atoms with Crippen LogP contribution in [0.1, 0.15) is 39.5 Å². The maximum atomic E-state index is 11.2. The van der Waals surface area contributed by atoms with Crippen LogP contribution in [0, 0.1) is 5.92 Å². The van der Waals surface area contributed by atoms with Crippen LogP contribution in [0.3, 0.4) is 0 Å². The van der Waals surface area contributed by atoms with E-state index >= 15 is 0 Å². The second-order valence-corrected chi connectivity index (χ2v) is 5.84. The molecule has 1 fully saturated rings. The zero-order valence-corrected chi connectivity index (χ0v) is 10.1. The predicted molar refractivity (Wildman–Crippen MR) is 60.5 cm³/mol. The first-order valence-corrected chi connectivity index (χ1v) is 6.31. The van der Waals surface area contributed by atoms with Crippen molar-refractivity contribution in [3.63, 3.8) is 0 Å². The minimum Gasteiger partial charge on any atom is -0.468 e. The van der Waals surface area contributed by atoms with Gasteiger partial charge in [-0.3, -0.25) is 4.79 Å². The Labute approximate surface area is 90.8 Å². The molecule has 14 heavy (non-hydrogen) atoms. The molecule has 0 amide bonds. The van der Waals surface area contributed by atoms with E-state index in [0.29, 0.717) is 5.25 Å². The van der Waals surface area contributed by atoms with E-state index in [0.717, 1.165) is 5.92 Å². The summed E-state index contributed by atoms with van der Waals surface area (Å²) in [5.41, 5.74) is 0. The highest BCUT2D eigenvalue weighted by atomic mass is 32.2. The molecule has 0 aromatic heterocycles. The van der Waals surface area contributed by atoms with E-state index in [9.17, 15) is 4.79 Å². The van der Waals surface area contributed by atoms with Crippen LogP contribution in [-0.4, -0.2) is 23.6 Å². The Hall–Kier alpha value is -0.180. The molecule has 1 aliphatic rings. The SMILES string of the molecule is COC(=O)C(C)SC1CCCC(C)C1. The summed E-state index contributed by atoms with van der Waals surface area (Å²) in [6, 6.07) is 0. The Kier molecular flexibility index (Phi) is 4.79. The molecule has 1 rings (SSSR count). The van der Waals surface area contributed by atoms with E-state index < -0.39 is 0 Å². The molecule has 0 heterocycles. The standard InChI is InChI=1S/C11H20O2S/c1-8-5-4-6-10(7-8)14-9(2)11(12)13-3/h8-10H,4-7H2,1-3H3. The van der Waals surface area contributed by atoms with Crippen molar-refractivity contribution in [2.45, 2.75) is 50.0 Å². The highest BCUT2D eigenvalue weighted by Gasteiger charge is 2.24. The Bertz CT molecular complexity index is 194. The third-order valence-corrected chi connectivity index (χ3v) is 4.23. The van der Waals surface area contributed by atoms with Crippen molar-refractivity contribution in [1.82, 2.24) is 0 Å². The summed E-state index contributed by atoms with van der Waals surface area (Å²) in [5, 5.41) is 0.656. The van der Waals surface area contributed by atoms with E-state index in [1.165, 1.54) is 32.8 Å². The van der Waals surface area contributed by atoms with Gasteiger partial charge in [-0.15, -0.1) is 11.8 Å². The Balaban J connectivity index is 2.32. The predicted octanol–water partition coefficient (Wildman–Crippen LogP) is 2.86. The highest BCUT2D eigenvalue weighted by Crippen LogP contribution is 2.34. The van der Waals surface area contributed by atoms with E-state index in [4.69, 9.17) is 4.74 Å². The van der Waals surface area contributed by atoms with Crippen LogP contribution in [0.5, 0.6) is 0 Å². The second-order valence-electron chi connectivity index (χ2n) is 4.20. The minimum absolute atomic E-state index is 0.00435. The van der Waals surface area contributed by atoms with Gasteiger partial charge < -0.3 is 4.74 Å². The van der Waals surface area contributed by atoms with Gasteiger partial charge in [0.1, 0.15) is 0 Å². The summed E-state index contributed by atoms with van der Waals surface area (Å²) >= 11 is 1.78. The van der Waals surface area contributed by atoms with Crippen LogP contribution in [0.4, 0.5) is 0 Å². The van der Waals surface area contributed by atoms with E-state index in [1.807, 2.05) is 6.92 Å². The third-order valence-electron chi connectivity index (χ3n) is 2.82. The topological polar surface area (TPSA) is 26.3 Å². The van der Waals surface area contributed by atoms with Gasteiger partial charge in [-0.25, -0.2) is 0 Å². The Morgan fingerprint density at radius 1 is 1.50 bits per heavy atom. The number of ether oxygens (including phenoxy) is 1. The number of carbonyl (C=O) groups excluding carboxylic acids is 1. The molecule has 3 atom stereocenters. The average Bonchev–Trinajstić information content (AvgIpc) is 2.16. The van der Waals surface area contributed by atoms with Crippen molar-refractivity contribution >= 4 is 17.7 Å². The first-order valence-electron chi connectivity index (χ1n) is 5.36. The Morgan fingerprint density at radius 2 is 2.21 bits per heavy atom. The molecule has 0 spiro atoms. The lowest BCUT2D eigenvalue weighted by molar-refractivity contribution is -0.139. The van der Waals surface area contributed by atoms with Crippen molar-refractivity contribution < 1.29 is 9.53 Å². The summed E-state index contributed by atoms with van der Waals surface area (Å²) in [4.78, 5) is 11.2. The van der Waals surface area contributed by atoms with Gasteiger partial charge >= 0.3 is 5.97 Å². The molecule has 1 saturated carbocycles. The summed E-state index contributed by atoms with van der Waals surface area (Å²) in [7, 11) is 1.46. The van der Waals surface area contributed by atoms with Gasteiger partial charge in [0, 0.05) is 5.25 Å². The molecule has 0 aliphatic heterocycles. The monoisotopic (exact) mass is 216 g/mol. The molecule has 0 aromatic carbocycles. The van der Waals surface area contributed by atoms with Crippen molar-refractivity contribution in [1.29, 1.82) is 0 Å². The Morgan fingerprint density at radius 3 is 2.79 bits per heavy atom. The van der Waals surface area contributed by atoms with Crippen LogP contribution in [-0.2, 0) is 9.53 Å². The van der Waals surface area contributed by atoms with Crippen molar-refractivity contribution in [2.24, 2.45) is 5.92 Å². The average molecular weight is 216 g/mol. The first-order chi connectivity index (χ1) is 6.63. The molecule has 1 aliphatic carbocycles. The van der Waals surface area contributed by atoms with Gasteiger partial charge in [-0.2, -0.15) is 0 Å². The van der Waals surface area contributed by atoms with Gasteiger partial charge in [0.25, 0.3) is 0 Å².